The molecule has 0 aliphatic carbocycles. The monoisotopic (exact) mass is 401 g/mol. The molecule has 7 heteroatoms. The molecular weight excluding hydrogens is 370 g/mol. The first-order chi connectivity index (χ1) is 13.9. The van der Waals surface area contributed by atoms with E-state index in [1.807, 2.05) is 19.9 Å². The van der Waals surface area contributed by atoms with Gasteiger partial charge in [0.2, 0.25) is 0 Å². The molecule has 29 heavy (non-hydrogen) atoms. The van der Waals surface area contributed by atoms with Crippen molar-refractivity contribution in [2.75, 3.05) is 19.7 Å². The fourth-order valence-electron chi connectivity index (χ4n) is 3.33. The van der Waals surface area contributed by atoms with Gasteiger partial charge in [-0.05, 0) is 52.0 Å². The van der Waals surface area contributed by atoms with Crippen LogP contribution in [-0.2, 0) is 18.6 Å². The van der Waals surface area contributed by atoms with E-state index < -0.39 is 5.60 Å². The maximum absolute atomic E-state index is 10.6. The summed E-state index contributed by atoms with van der Waals surface area (Å²) >= 11 is 0. The minimum atomic E-state index is -1.15. The number of benzene rings is 1. The lowest BCUT2D eigenvalue weighted by Crippen LogP contribution is -2.44. The van der Waals surface area contributed by atoms with E-state index in [1.54, 1.807) is 25.3 Å². The Balaban J connectivity index is 1.73. The van der Waals surface area contributed by atoms with E-state index >= 15 is 0 Å². The van der Waals surface area contributed by atoms with E-state index in [9.17, 15) is 5.11 Å². The van der Waals surface area contributed by atoms with Crippen molar-refractivity contribution in [3.05, 3.63) is 47.4 Å². The largest absolute Gasteiger partial charge is 0.494 e. The summed E-state index contributed by atoms with van der Waals surface area (Å²) in [6.07, 6.45) is 2.63. The van der Waals surface area contributed by atoms with E-state index in [-0.39, 0.29) is 12.6 Å². The van der Waals surface area contributed by atoms with Crippen molar-refractivity contribution in [3.63, 3.8) is 0 Å². The van der Waals surface area contributed by atoms with Gasteiger partial charge in [0, 0.05) is 24.1 Å². The molecule has 3 rings (SSSR count). The lowest BCUT2D eigenvalue weighted by molar-refractivity contribution is 0.0386. The van der Waals surface area contributed by atoms with Crippen molar-refractivity contribution in [2.45, 2.75) is 52.4 Å². The van der Waals surface area contributed by atoms with Gasteiger partial charge in [-0.2, -0.15) is 0 Å². The maximum Gasteiger partial charge on any atom is 0.191 e. The lowest BCUT2D eigenvalue weighted by Gasteiger charge is -2.22. The molecule has 0 saturated heterocycles. The highest BCUT2D eigenvalue weighted by Gasteiger charge is 2.26. The molecule has 0 radical (unpaired) electrons. The van der Waals surface area contributed by atoms with Crippen molar-refractivity contribution in [3.8, 4) is 11.5 Å². The summed E-state index contributed by atoms with van der Waals surface area (Å²) in [6.45, 7) is 9.73. The number of rotatable bonds is 8. The number of ether oxygens (including phenoxy) is 2. The highest BCUT2D eigenvalue weighted by molar-refractivity contribution is 5.79. The van der Waals surface area contributed by atoms with Gasteiger partial charge < -0.3 is 29.6 Å². The molecule has 2 aromatic rings. The summed E-state index contributed by atoms with van der Waals surface area (Å²) in [7, 11) is 0. The van der Waals surface area contributed by atoms with Crippen molar-refractivity contribution in [1.82, 2.24) is 10.6 Å². The quantitative estimate of drug-likeness (QED) is 0.466. The first-order valence-corrected chi connectivity index (χ1v) is 10.2. The molecule has 0 amide bonds. The van der Waals surface area contributed by atoms with Gasteiger partial charge in [0.25, 0.3) is 0 Å². The summed E-state index contributed by atoms with van der Waals surface area (Å²) in [5, 5.41) is 17.0. The molecule has 0 fully saturated rings. The van der Waals surface area contributed by atoms with Gasteiger partial charge >= 0.3 is 0 Å². The first kappa shape index (κ1) is 21.0. The second-order valence-electron chi connectivity index (χ2n) is 7.43. The predicted octanol–water partition coefficient (Wildman–Crippen LogP) is 2.96. The molecule has 2 atom stereocenters. The molecule has 0 spiro atoms. The smallest absolute Gasteiger partial charge is 0.191 e. The van der Waals surface area contributed by atoms with Crippen LogP contribution in [0.15, 0.2) is 39.9 Å². The molecule has 0 saturated carbocycles. The van der Waals surface area contributed by atoms with Crippen LogP contribution in [0.1, 0.15) is 44.6 Å². The summed E-state index contributed by atoms with van der Waals surface area (Å²) in [4.78, 5) is 4.67. The zero-order valence-corrected chi connectivity index (χ0v) is 17.6. The van der Waals surface area contributed by atoms with Crippen molar-refractivity contribution >= 4 is 5.96 Å². The van der Waals surface area contributed by atoms with Gasteiger partial charge in [0.15, 0.2) is 5.96 Å². The standard InChI is InChI=1S/C22H31N3O4/c1-5-23-21(25-14-22(4,26)20-8-7-9-28-20)24-13-17-12-19-16(10-15(3)29-19)11-18(17)27-6-2/h7-9,11-12,15,26H,5-6,10,13-14H2,1-4H3,(H2,23,24,25). The molecular formula is C22H31N3O4. The summed E-state index contributed by atoms with van der Waals surface area (Å²) in [5.74, 6) is 2.86. The van der Waals surface area contributed by atoms with Gasteiger partial charge in [-0.3, -0.25) is 0 Å². The average Bonchev–Trinajstić information content (AvgIpc) is 3.33. The summed E-state index contributed by atoms with van der Waals surface area (Å²) < 4.78 is 17.1. The van der Waals surface area contributed by atoms with Crippen molar-refractivity contribution < 1.29 is 19.0 Å². The molecule has 158 valence electrons. The number of furan rings is 1. The predicted molar refractivity (Wildman–Crippen MR) is 113 cm³/mol. The van der Waals surface area contributed by atoms with Gasteiger partial charge in [0.1, 0.15) is 29.0 Å². The number of hydrogen-bond acceptors (Lipinski definition) is 5. The SMILES string of the molecule is CCNC(=NCc1cc2c(cc1OCC)CC(C)O2)NCC(C)(O)c1ccco1. The number of hydrogen-bond donors (Lipinski definition) is 3. The Morgan fingerprint density at radius 1 is 1.34 bits per heavy atom. The van der Waals surface area contributed by atoms with Gasteiger partial charge in [0.05, 0.1) is 26.0 Å². The Hall–Kier alpha value is -2.67. The van der Waals surface area contributed by atoms with E-state index in [4.69, 9.17) is 13.9 Å². The van der Waals surface area contributed by atoms with Crippen LogP contribution >= 0.6 is 0 Å². The van der Waals surface area contributed by atoms with E-state index in [1.165, 1.54) is 5.56 Å². The fraction of sp³-hybridized carbons (Fsp3) is 0.500. The molecule has 1 aromatic heterocycles. The number of nitrogens with one attached hydrogen (secondary N) is 2. The van der Waals surface area contributed by atoms with Crippen LogP contribution in [0, 0.1) is 0 Å². The third-order valence-corrected chi connectivity index (χ3v) is 4.78. The zero-order chi connectivity index (χ0) is 20.9. The number of aliphatic hydroxyl groups is 1. The summed E-state index contributed by atoms with van der Waals surface area (Å²) in [6, 6.07) is 7.60. The minimum Gasteiger partial charge on any atom is -0.494 e. The Kier molecular flexibility index (Phi) is 6.69. The number of guanidine groups is 1. The minimum absolute atomic E-state index is 0.182. The van der Waals surface area contributed by atoms with Crippen LogP contribution in [0.25, 0.3) is 0 Å². The number of aliphatic imine (C=N–C) groups is 1. The van der Waals surface area contributed by atoms with Crippen molar-refractivity contribution in [1.29, 1.82) is 0 Å². The van der Waals surface area contributed by atoms with Crippen LogP contribution in [0.3, 0.4) is 0 Å². The molecule has 2 heterocycles. The van der Waals surface area contributed by atoms with E-state index in [0.717, 1.165) is 23.5 Å². The maximum atomic E-state index is 10.6. The van der Waals surface area contributed by atoms with Gasteiger partial charge in [-0.1, -0.05) is 0 Å². The average molecular weight is 402 g/mol. The Morgan fingerprint density at radius 2 is 2.17 bits per heavy atom. The van der Waals surface area contributed by atoms with E-state index in [0.29, 0.717) is 31.4 Å². The zero-order valence-electron chi connectivity index (χ0n) is 17.6. The van der Waals surface area contributed by atoms with Gasteiger partial charge in [-0.15, -0.1) is 0 Å². The molecule has 1 aromatic carbocycles. The molecule has 1 aliphatic rings. The highest BCUT2D eigenvalue weighted by atomic mass is 16.5. The second-order valence-corrected chi connectivity index (χ2v) is 7.43. The molecule has 7 nitrogen and oxygen atoms in total. The highest BCUT2D eigenvalue weighted by Crippen LogP contribution is 2.35. The third kappa shape index (κ3) is 5.23. The van der Waals surface area contributed by atoms with Crippen LogP contribution in [0.4, 0.5) is 0 Å². The van der Waals surface area contributed by atoms with E-state index in [2.05, 4.69) is 28.6 Å². The topological polar surface area (TPSA) is 88.3 Å². The molecule has 3 N–H and O–H groups in total. The van der Waals surface area contributed by atoms with Crippen LogP contribution < -0.4 is 20.1 Å². The Bertz CT molecular complexity index is 831. The third-order valence-electron chi connectivity index (χ3n) is 4.78. The van der Waals surface area contributed by atoms with Crippen LogP contribution in [0.2, 0.25) is 0 Å². The molecule has 2 unspecified atom stereocenters. The fourth-order valence-corrected chi connectivity index (χ4v) is 3.33. The number of nitrogens with zero attached hydrogens (tertiary/aromatic N) is 1. The summed E-state index contributed by atoms with van der Waals surface area (Å²) in [5.41, 5.74) is 0.996. The first-order valence-electron chi connectivity index (χ1n) is 10.2. The van der Waals surface area contributed by atoms with Crippen LogP contribution in [0.5, 0.6) is 11.5 Å². The molecule has 1 aliphatic heterocycles. The Labute approximate surface area is 172 Å². The molecule has 0 bridgehead atoms. The normalized spacial score (nSPS) is 18.0. The lowest BCUT2D eigenvalue weighted by atomic mass is 10.0. The van der Waals surface area contributed by atoms with Crippen molar-refractivity contribution in [2.24, 2.45) is 4.99 Å². The second kappa shape index (κ2) is 9.22. The Morgan fingerprint density at radius 3 is 2.86 bits per heavy atom. The van der Waals surface area contributed by atoms with Gasteiger partial charge in [-0.25, -0.2) is 4.99 Å². The van der Waals surface area contributed by atoms with Crippen LogP contribution in [-0.4, -0.2) is 36.9 Å². The number of fused-ring (bicyclic) bond motifs is 1.